The third-order valence-corrected chi connectivity index (χ3v) is 4.15. The number of thiophene rings is 1. The summed E-state index contributed by atoms with van der Waals surface area (Å²) in [5.74, 6) is 0.292. The summed E-state index contributed by atoms with van der Waals surface area (Å²) < 4.78 is 2.12. The molecule has 0 aliphatic rings. The van der Waals surface area contributed by atoms with Crippen LogP contribution >= 0.6 is 33.9 Å². The van der Waals surface area contributed by atoms with E-state index in [1.807, 2.05) is 6.07 Å². The summed E-state index contributed by atoms with van der Waals surface area (Å²) in [6.07, 6.45) is 0. The number of aromatic hydroxyl groups is 1. The van der Waals surface area contributed by atoms with Crippen molar-refractivity contribution in [3.05, 3.63) is 21.8 Å². The molecule has 4 heteroatoms. The minimum absolute atomic E-state index is 0.292. The second-order valence-corrected chi connectivity index (χ2v) is 4.62. The highest BCUT2D eigenvalue weighted by Crippen LogP contribution is 2.35. The van der Waals surface area contributed by atoms with Crippen LogP contribution in [0.5, 0.6) is 5.75 Å². The van der Waals surface area contributed by atoms with Crippen LogP contribution in [0, 0.1) is 3.57 Å². The van der Waals surface area contributed by atoms with Gasteiger partial charge in [0, 0.05) is 10.1 Å². The van der Waals surface area contributed by atoms with Crippen molar-refractivity contribution < 1.29 is 5.11 Å². The van der Waals surface area contributed by atoms with Crippen LogP contribution in [-0.2, 0) is 0 Å². The number of halogens is 1. The van der Waals surface area contributed by atoms with E-state index in [9.17, 15) is 5.11 Å². The lowest BCUT2D eigenvalue weighted by molar-refractivity contribution is 0.476. The summed E-state index contributed by atoms with van der Waals surface area (Å²) in [7, 11) is 0. The van der Waals surface area contributed by atoms with E-state index in [0.717, 1.165) is 18.7 Å². The lowest BCUT2D eigenvalue weighted by Crippen LogP contribution is -1.79. The number of anilines is 1. The predicted molar refractivity (Wildman–Crippen MR) is 60.6 cm³/mol. The SMILES string of the molecule is Nc1sc2cc(O)ccc2c1I. The Morgan fingerprint density at radius 2 is 2.17 bits per heavy atom. The molecule has 0 spiro atoms. The Kier molecular flexibility index (Phi) is 1.88. The second-order valence-electron chi connectivity index (χ2n) is 2.46. The molecule has 1 heterocycles. The molecule has 0 amide bonds. The van der Waals surface area contributed by atoms with Gasteiger partial charge in [-0.1, -0.05) is 0 Å². The number of phenols is 1. The first-order valence-electron chi connectivity index (χ1n) is 3.35. The first-order chi connectivity index (χ1) is 5.68. The third-order valence-electron chi connectivity index (χ3n) is 1.64. The van der Waals surface area contributed by atoms with Crippen LogP contribution < -0.4 is 5.73 Å². The number of nitrogens with two attached hydrogens (primary N) is 1. The van der Waals surface area contributed by atoms with Crippen LogP contribution in [0.1, 0.15) is 0 Å². The molecule has 2 rings (SSSR count). The molecule has 0 saturated heterocycles. The van der Waals surface area contributed by atoms with E-state index >= 15 is 0 Å². The maximum Gasteiger partial charge on any atom is 0.117 e. The summed E-state index contributed by atoms with van der Waals surface area (Å²) in [5.41, 5.74) is 5.73. The van der Waals surface area contributed by atoms with Crippen molar-refractivity contribution in [2.75, 3.05) is 5.73 Å². The molecule has 3 N–H and O–H groups in total. The Bertz CT molecular complexity index is 438. The number of phenolic OH excluding ortho intramolecular Hbond substituents is 1. The molecule has 1 aromatic heterocycles. The van der Waals surface area contributed by atoms with E-state index in [0.29, 0.717) is 5.75 Å². The van der Waals surface area contributed by atoms with Crippen molar-refractivity contribution in [1.29, 1.82) is 0 Å². The Morgan fingerprint density at radius 1 is 1.42 bits per heavy atom. The number of hydrogen-bond donors (Lipinski definition) is 2. The molecule has 2 aromatic rings. The molecule has 0 fully saturated rings. The summed E-state index contributed by atoms with van der Waals surface area (Å²) in [6, 6.07) is 5.30. The monoisotopic (exact) mass is 291 g/mol. The summed E-state index contributed by atoms with van der Waals surface area (Å²) in [4.78, 5) is 0. The fourth-order valence-corrected chi connectivity index (χ4v) is 2.95. The molecule has 0 aliphatic heterocycles. The number of hydrogen-bond acceptors (Lipinski definition) is 3. The highest BCUT2D eigenvalue weighted by molar-refractivity contribution is 14.1. The minimum Gasteiger partial charge on any atom is -0.508 e. The average molecular weight is 291 g/mol. The van der Waals surface area contributed by atoms with Gasteiger partial charge < -0.3 is 10.8 Å². The highest BCUT2D eigenvalue weighted by atomic mass is 127. The Hall–Kier alpha value is -0.490. The van der Waals surface area contributed by atoms with E-state index in [4.69, 9.17) is 5.73 Å². The van der Waals surface area contributed by atoms with Crippen LogP contribution in [0.25, 0.3) is 10.1 Å². The molecule has 12 heavy (non-hydrogen) atoms. The van der Waals surface area contributed by atoms with Crippen LogP contribution in [0.3, 0.4) is 0 Å². The van der Waals surface area contributed by atoms with Crippen molar-refractivity contribution in [1.82, 2.24) is 0 Å². The minimum atomic E-state index is 0.292. The molecule has 0 radical (unpaired) electrons. The van der Waals surface area contributed by atoms with Crippen molar-refractivity contribution in [2.24, 2.45) is 0 Å². The van der Waals surface area contributed by atoms with Gasteiger partial charge in [-0.2, -0.15) is 0 Å². The van der Waals surface area contributed by atoms with Gasteiger partial charge in [-0.05, 0) is 40.8 Å². The zero-order chi connectivity index (χ0) is 8.72. The fourth-order valence-electron chi connectivity index (χ4n) is 1.07. The standard InChI is InChI=1S/C8H6INOS/c9-7-5-2-1-4(11)3-6(5)12-8(7)10/h1-3,11H,10H2. The molecule has 0 aliphatic carbocycles. The lowest BCUT2D eigenvalue weighted by atomic mass is 10.2. The van der Waals surface area contributed by atoms with Crippen LogP contribution in [0.2, 0.25) is 0 Å². The molecule has 0 atom stereocenters. The third kappa shape index (κ3) is 1.15. The van der Waals surface area contributed by atoms with E-state index in [1.165, 1.54) is 11.3 Å². The van der Waals surface area contributed by atoms with Crippen LogP contribution in [-0.4, -0.2) is 5.11 Å². The Balaban J connectivity index is 2.87. The molecule has 62 valence electrons. The van der Waals surface area contributed by atoms with Gasteiger partial charge in [-0.3, -0.25) is 0 Å². The van der Waals surface area contributed by atoms with Gasteiger partial charge in [0.05, 0.1) is 3.57 Å². The van der Waals surface area contributed by atoms with Gasteiger partial charge in [-0.25, -0.2) is 0 Å². The molecule has 0 bridgehead atoms. The predicted octanol–water partition coefficient (Wildman–Crippen LogP) is 2.79. The quantitative estimate of drug-likeness (QED) is 0.733. The largest absolute Gasteiger partial charge is 0.508 e. The van der Waals surface area contributed by atoms with Crippen molar-refractivity contribution in [3.63, 3.8) is 0 Å². The maximum atomic E-state index is 9.19. The summed E-state index contributed by atoms with van der Waals surface area (Å²) in [6.45, 7) is 0. The van der Waals surface area contributed by atoms with Crippen molar-refractivity contribution in [2.45, 2.75) is 0 Å². The van der Waals surface area contributed by atoms with E-state index in [2.05, 4.69) is 22.6 Å². The zero-order valence-electron chi connectivity index (χ0n) is 6.04. The Morgan fingerprint density at radius 3 is 2.92 bits per heavy atom. The molecule has 0 unspecified atom stereocenters. The van der Waals surface area contributed by atoms with Crippen LogP contribution in [0.4, 0.5) is 5.00 Å². The smallest absolute Gasteiger partial charge is 0.117 e. The second kappa shape index (κ2) is 2.77. The summed E-state index contributed by atoms with van der Waals surface area (Å²) in [5, 5.41) is 11.1. The topological polar surface area (TPSA) is 46.2 Å². The average Bonchev–Trinajstić information content (AvgIpc) is 2.28. The molecule has 0 saturated carbocycles. The van der Waals surface area contributed by atoms with E-state index in [-0.39, 0.29) is 0 Å². The van der Waals surface area contributed by atoms with E-state index < -0.39 is 0 Å². The zero-order valence-corrected chi connectivity index (χ0v) is 9.02. The normalized spacial score (nSPS) is 10.8. The number of benzene rings is 1. The van der Waals surface area contributed by atoms with Gasteiger partial charge in [-0.15, -0.1) is 11.3 Å². The molecular formula is C8H6INOS. The first-order valence-corrected chi connectivity index (χ1v) is 5.24. The summed E-state index contributed by atoms with van der Waals surface area (Å²) >= 11 is 3.72. The first kappa shape index (κ1) is 8.12. The van der Waals surface area contributed by atoms with Gasteiger partial charge >= 0.3 is 0 Å². The number of nitrogen functional groups attached to an aromatic ring is 1. The molecule has 2 nitrogen and oxygen atoms in total. The van der Waals surface area contributed by atoms with E-state index in [1.54, 1.807) is 12.1 Å². The lowest BCUT2D eigenvalue weighted by Gasteiger charge is -1.91. The molecular weight excluding hydrogens is 285 g/mol. The van der Waals surface area contributed by atoms with Gasteiger partial charge in [0.2, 0.25) is 0 Å². The van der Waals surface area contributed by atoms with Crippen molar-refractivity contribution >= 4 is 49.0 Å². The number of rotatable bonds is 0. The van der Waals surface area contributed by atoms with Gasteiger partial charge in [0.1, 0.15) is 10.8 Å². The Labute approximate surface area is 87.1 Å². The fraction of sp³-hybridized carbons (Fsp3) is 0. The molecule has 1 aromatic carbocycles. The van der Waals surface area contributed by atoms with Crippen molar-refractivity contribution in [3.8, 4) is 5.75 Å². The highest BCUT2D eigenvalue weighted by Gasteiger charge is 2.06. The maximum absolute atomic E-state index is 9.19. The number of fused-ring (bicyclic) bond motifs is 1. The van der Waals surface area contributed by atoms with Crippen LogP contribution in [0.15, 0.2) is 18.2 Å². The van der Waals surface area contributed by atoms with Gasteiger partial charge in [0.15, 0.2) is 0 Å². The van der Waals surface area contributed by atoms with Gasteiger partial charge in [0.25, 0.3) is 0 Å².